The van der Waals surface area contributed by atoms with Gasteiger partial charge >= 0.3 is 18.1 Å². The maximum absolute atomic E-state index is 12.8. The van der Waals surface area contributed by atoms with Crippen LogP contribution in [0.25, 0.3) is 0 Å². The number of esters is 2. The lowest BCUT2D eigenvalue weighted by Gasteiger charge is -2.26. The SMILES string of the molecule is CC=CC(c1ccc(C(F)(F)F)cc1)C(C(=O)OC)C(=O)OC(C)(C)C. The van der Waals surface area contributed by atoms with E-state index in [9.17, 15) is 22.8 Å². The van der Waals surface area contributed by atoms with Crippen LogP contribution in [0.5, 0.6) is 0 Å². The molecule has 0 amide bonds. The van der Waals surface area contributed by atoms with E-state index >= 15 is 0 Å². The molecule has 0 bridgehead atoms. The van der Waals surface area contributed by atoms with E-state index < -0.39 is 41.1 Å². The van der Waals surface area contributed by atoms with Crippen LogP contribution in [-0.2, 0) is 25.2 Å². The fourth-order valence-electron chi connectivity index (χ4n) is 2.40. The number of allylic oxidation sites excluding steroid dienone is 2. The van der Waals surface area contributed by atoms with E-state index in [-0.39, 0.29) is 0 Å². The Balaban J connectivity index is 3.32. The second-order valence-electron chi connectivity index (χ2n) is 6.71. The fraction of sp³-hybridized carbons (Fsp3) is 0.474. The number of carbonyl (C=O) groups excluding carboxylic acids is 2. The Hall–Kier alpha value is -2.31. The van der Waals surface area contributed by atoms with Crippen molar-refractivity contribution >= 4 is 11.9 Å². The zero-order valence-electron chi connectivity index (χ0n) is 15.4. The second-order valence-corrected chi connectivity index (χ2v) is 6.71. The van der Waals surface area contributed by atoms with Crippen molar-refractivity contribution in [3.8, 4) is 0 Å². The number of halogens is 3. The van der Waals surface area contributed by atoms with E-state index in [0.29, 0.717) is 5.56 Å². The average Bonchev–Trinajstić information content (AvgIpc) is 2.51. The van der Waals surface area contributed by atoms with Gasteiger partial charge in [-0.2, -0.15) is 13.2 Å². The molecule has 2 atom stereocenters. The Morgan fingerprint density at radius 3 is 1.96 bits per heavy atom. The molecule has 7 heteroatoms. The van der Waals surface area contributed by atoms with E-state index in [0.717, 1.165) is 19.2 Å². The molecule has 1 aromatic carbocycles. The van der Waals surface area contributed by atoms with Crippen molar-refractivity contribution in [1.82, 2.24) is 0 Å². The highest BCUT2D eigenvalue weighted by atomic mass is 19.4. The first kappa shape index (κ1) is 21.7. The lowest BCUT2D eigenvalue weighted by molar-refractivity contribution is -0.168. The number of hydrogen-bond donors (Lipinski definition) is 0. The summed E-state index contributed by atoms with van der Waals surface area (Å²) >= 11 is 0. The van der Waals surface area contributed by atoms with Gasteiger partial charge in [-0.15, -0.1) is 0 Å². The molecule has 0 saturated heterocycles. The predicted molar refractivity (Wildman–Crippen MR) is 90.4 cm³/mol. The van der Waals surface area contributed by atoms with E-state index in [4.69, 9.17) is 9.47 Å². The minimum absolute atomic E-state index is 0.373. The lowest BCUT2D eigenvalue weighted by atomic mass is 9.85. The van der Waals surface area contributed by atoms with Crippen molar-refractivity contribution in [2.45, 2.75) is 45.4 Å². The van der Waals surface area contributed by atoms with Gasteiger partial charge in [0.25, 0.3) is 0 Å². The zero-order valence-corrected chi connectivity index (χ0v) is 15.4. The van der Waals surface area contributed by atoms with Gasteiger partial charge in [0.05, 0.1) is 12.7 Å². The second kappa shape index (κ2) is 8.38. The summed E-state index contributed by atoms with van der Waals surface area (Å²) in [5, 5.41) is 0. The van der Waals surface area contributed by atoms with Crippen molar-refractivity contribution in [1.29, 1.82) is 0 Å². The highest BCUT2D eigenvalue weighted by Gasteiger charge is 2.39. The zero-order chi connectivity index (χ0) is 20.1. The maximum atomic E-state index is 12.8. The van der Waals surface area contributed by atoms with Crippen molar-refractivity contribution in [2.24, 2.45) is 5.92 Å². The standard InChI is InChI=1S/C19H23F3O4/c1-6-7-14(12-8-10-13(11-9-12)19(20,21)22)15(16(23)25-5)17(24)26-18(2,3)4/h6-11,14-15H,1-5H3. The molecular formula is C19H23F3O4. The fourth-order valence-corrected chi connectivity index (χ4v) is 2.40. The first-order valence-corrected chi connectivity index (χ1v) is 8.01. The quantitative estimate of drug-likeness (QED) is 0.434. The predicted octanol–water partition coefficient (Wildman–Crippen LogP) is 4.50. The highest BCUT2D eigenvalue weighted by Crippen LogP contribution is 2.33. The Morgan fingerprint density at radius 2 is 1.58 bits per heavy atom. The summed E-state index contributed by atoms with van der Waals surface area (Å²) in [7, 11) is 1.14. The summed E-state index contributed by atoms with van der Waals surface area (Å²) < 4.78 is 48.3. The first-order chi connectivity index (χ1) is 11.9. The summed E-state index contributed by atoms with van der Waals surface area (Å²) in [6.45, 7) is 6.65. The van der Waals surface area contributed by atoms with Crippen LogP contribution in [-0.4, -0.2) is 24.6 Å². The first-order valence-electron chi connectivity index (χ1n) is 8.01. The summed E-state index contributed by atoms with van der Waals surface area (Å²) in [4.78, 5) is 24.8. The van der Waals surface area contributed by atoms with Gasteiger partial charge in [0, 0.05) is 5.92 Å². The number of rotatable bonds is 5. The number of alkyl halides is 3. The van der Waals surface area contributed by atoms with Gasteiger partial charge in [0.2, 0.25) is 0 Å². The Kier molecular flexibility index (Phi) is 7.00. The Morgan fingerprint density at radius 1 is 1.04 bits per heavy atom. The van der Waals surface area contributed by atoms with Gasteiger partial charge in [-0.05, 0) is 45.4 Å². The monoisotopic (exact) mass is 372 g/mol. The van der Waals surface area contributed by atoms with Gasteiger partial charge in [-0.3, -0.25) is 9.59 Å². The molecule has 0 aliphatic heterocycles. The molecule has 0 aliphatic carbocycles. The third-order valence-corrected chi connectivity index (χ3v) is 3.50. The molecule has 4 nitrogen and oxygen atoms in total. The van der Waals surface area contributed by atoms with E-state index in [2.05, 4.69) is 0 Å². The summed E-state index contributed by atoms with van der Waals surface area (Å²) in [6.07, 6.45) is -1.29. The topological polar surface area (TPSA) is 52.6 Å². The maximum Gasteiger partial charge on any atom is 0.416 e. The smallest absolute Gasteiger partial charge is 0.416 e. The molecule has 144 valence electrons. The molecule has 0 aliphatic rings. The van der Waals surface area contributed by atoms with Gasteiger partial charge in [0.15, 0.2) is 5.92 Å². The number of hydrogen-bond acceptors (Lipinski definition) is 4. The van der Waals surface area contributed by atoms with Crippen LogP contribution >= 0.6 is 0 Å². The third kappa shape index (κ3) is 5.89. The third-order valence-electron chi connectivity index (χ3n) is 3.50. The minimum Gasteiger partial charge on any atom is -0.468 e. The molecule has 2 unspecified atom stereocenters. The van der Waals surface area contributed by atoms with Crippen molar-refractivity contribution in [3.05, 3.63) is 47.5 Å². The Labute approximate surface area is 151 Å². The molecular weight excluding hydrogens is 349 g/mol. The number of methoxy groups -OCH3 is 1. The highest BCUT2D eigenvalue weighted by molar-refractivity contribution is 5.96. The molecule has 26 heavy (non-hydrogen) atoms. The largest absolute Gasteiger partial charge is 0.468 e. The molecule has 0 aromatic heterocycles. The summed E-state index contributed by atoms with van der Waals surface area (Å²) in [6, 6.07) is 4.31. The van der Waals surface area contributed by atoms with E-state index in [1.54, 1.807) is 39.8 Å². The van der Waals surface area contributed by atoms with Gasteiger partial charge in [0.1, 0.15) is 5.60 Å². The molecule has 0 radical (unpaired) electrons. The van der Waals surface area contributed by atoms with Gasteiger partial charge in [-0.1, -0.05) is 24.3 Å². The molecule has 0 saturated carbocycles. The van der Waals surface area contributed by atoms with Crippen molar-refractivity contribution in [2.75, 3.05) is 7.11 Å². The molecule has 0 N–H and O–H groups in total. The Bertz CT molecular complexity index is 655. The molecule has 0 fully saturated rings. The minimum atomic E-state index is -4.47. The number of ether oxygens (including phenoxy) is 2. The van der Waals surface area contributed by atoms with Crippen molar-refractivity contribution in [3.63, 3.8) is 0 Å². The molecule has 0 spiro atoms. The van der Waals surface area contributed by atoms with Crippen LogP contribution in [0.15, 0.2) is 36.4 Å². The van der Waals surface area contributed by atoms with Crippen molar-refractivity contribution < 1.29 is 32.2 Å². The summed E-state index contributed by atoms with van der Waals surface area (Å²) in [5.41, 5.74) is -1.27. The van der Waals surface area contributed by atoms with Crippen LogP contribution in [0.1, 0.15) is 44.7 Å². The van der Waals surface area contributed by atoms with E-state index in [1.807, 2.05) is 0 Å². The van der Waals surface area contributed by atoms with E-state index in [1.165, 1.54) is 12.1 Å². The lowest BCUT2D eigenvalue weighted by Crippen LogP contribution is -2.36. The van der Waals surface area contributed by atoms with Crippen LogP contribution in [0.4, 0.5) is 13.2 Å². The van der Waals surface area contributed by atoms with Crippen LogP contribution in [0.2, 0.25) is 0 Å². The van der Waals surface area contributed by atoms with Gasteiger partial charge in [-0.25, -0.2) is 0 Å². The summed E-state index contributed by atoms with van der Waals surface area (Å²) in [5.74, 6) is -3.76. The van der Waals surface area contributed by atoms with Crippen LogP contribution in [0, 0.1) is 5.92 Å². The van der Waals surface area contributed by atoms with Gasteiger partial charge < -0.3 is 9.47 Å². The molecule has 1 rings (SSSR count). The molecule has 0 heterocycles. The molecule has 1 aromatic rings. The van der Waals surface area contributed by atoms with Crippen LogP contribution in [0.3, 0.4) is 0 Å². The number of carbonyl (C=O) groups is 2. The van der Waals surface area contributed by atoms with Crippen LogP contribution < -0.4 is 0 Å². The average molecular weight is 372 g/mol. The normalized spacial score (nSPS) is 14.8. The number of benzene rings is 1.